The quantitative estimate of drug-likeness (QED) is 0.0261. The van der Waals surface area contributed by atoms with Gasteiger partial charge in [-0.15, -0.1) is 0 Å². The van der Waals surface area contributed by atoms with Crippen LogP contribution in [0.15, 0.2) is 134 Å². The Bertz CT molecular complexity index is 1580. The summed E-state index contributed by atoms with van der Waals surface area (Å²) in [5, 5.41) is 0. The SMILES string of the molecule is CC/C=C\C/C=C\C/C=C\C/C=C\C/C=C\C/C=C\CCC(=O)OC[C@H](COC(=O)CCC/C=C\C/C=C\C/C=C\CCCCCCCC)OC(=O)CCCCCCCCCCC/C=C\C/C=C\CCCCC. The number of hydrogen-bond acceptors (Lipinski definition) is 6. The lowest BCUT2D eigenvalue weighted by Crippen LogP contribution is -2.30. The lowest BCUT2D eigenvalue weighted by atomic mass is 10.1. The summed E-state index contributed by atoms with van der Waals surface area (Å²) in [7, 11) is 0. The van der Waals surface area contributed by atoms with Crippen molar-refractivity contribution in [3.8, 4) is 0 Å². The Kier molecular flexibility index (Phi) is 56.4. The average molecular weight is 1010 g/mol. The van der Waals surface area contributed by atoms with Crippen molar-refractivity contribution in [1.82, 2.24) is 0 Å². The molecule has 1 atom stereocenters. The lowest BCUT2D eigenvalue weighted by Gasteiger charge is -2.18. The van der Waals surface area contributed by atoms with E-state index in [1.165, 1.54) is 116 Å². The van der Waals surface area contributed by atoms with Gasteiger partial charge in [-0.1, -0.05) is 244 Å². The molecule has 0 aromatic carbocycles. The van der Waals surface area contributed by atoms with Gasteiger partial charge in [-0.05, 0) is 122 Å². The van der Waals surface area contributed by atoms with Gasteiger partial charge in [0.15, 0.2) is 6.10 Å². The number of hydrogen-bond donors (Lipinski definition) is 0. The Morgan fingerprint density at radius 3 is 0.986 bits per heavy atom. The highest BCUT2D eigenvalue weighted by Gasteiger charge is 2.19. The topological polar surface area (TPSA) is 78.9 Å². The Hall–Kier alpha value is -4.45. The number of carbonyl (C=O) groups excluding carboxylic acids is 3. The molecule has 0 bridgehead atoms. The molecule has 0 aromatic heterocycles. The molecule has 6 nitrogen and oxygen atoms in total. The van der Waals surface area contributed by atoms with E-state index in [1.54, 1.807) is 0 Å². The van der Waals surface area contributed by atoms with Crippen molar-refractivity contribution in [1.29, 1.82) is 0 Å². The third kappa shape index (κ3) is 58.3. The number of esters is 3. The normalized spacial score (nSPS) is 13.1. The molecular formula is C67H108O6. The van der Waals surface area contributed by atoms with Gasteiger partial charge in [-0.25, -0.2) is 0 Å². The number of unbranched alkanes of at least 4 members (excludes halogenated alkanes) is 19. The first-order valence-electron chi connectivity index (χ1n) is 29.7. The number of allylic oxidation sites excluding steroid dienone is 22. The zero-order valence-corrected chi connectivity index (χ0v) is 47.1. The second kappa shape index (κ2) is 60.1. The minimum Gasteiger partial charge on any atom is -0.462 e. The molecule has 0 aromatic rings. The Morgan fingerprint density at radius 1 is 0.288 bits per heavy atom. The highest BCUT2D eigenvalue weighted by atomic mass is 16.6. The fourth-order valence-corrected chi connectivity index (χ4v) is 7.69. The molecule has 0 saturated carbocycles. The maximum Gasteiger partial charge on any atom is 0.306 e. The van der Waals surface area contributed by atoms with E-state index < -0.39 is 6.10 Å². The van der Waals surface area contributed by atoms with Crippen LogP contribution in [0, 0.1) is 0 Å². The molecule has 0 spiro atoms. The Labute approximate surface area is 449 Å². The van der Waals surface area contributed by atoms with E-state index in [0.29, 0.717) is 19.3 Å². The molecule has 0 saturated heterocycles. The summed E-state index contributed by atoms with van der Waals surface area (Å²) in [5.41, 5.74) is 0. The molecule has 0 N–H and O–H groups in total. The van der Waals surface area contributed by atoms with Crippen molar-refractivity contribution in [2.75, 3.05) is 13.2 Å². The maximum atomic E-state index is 12.9. The summed E-state index contributed by atoms with van der Waals surface area (Å²) in [6.07, 6.45) is 84.6. The van der Waals surface area contributed by atoms with E-state index >= 15 is 0 Å². The molecule has 6 heteroatoms. The molecule has 0 aliphatic rings. The molecular weight excluding hydrogens is 901 g/mol. The smallest absolute Gasteiger partial charge is 0.306 e. The molecule has 0 radical (unpaired) electrons. The van der Waals surface area contributed by atoms with Gasteiger partial charge in [0, 0.05) is 19.3 Å². The standard InChI is InChI=1S/C67H108O6/c1-4-7-10-13-16-19-22-25-28-31-33-36-39-42-45-48-51-54-57-60-66(69)72-63-64(62-71-65(68)59-56-53-50-47-44-41-38-35-30-27-24-21-18-15-12-9-6-3)73-67(70)61-58-55-52-49-46-43-40-37-34-32-29-26-23-20-17-14-11-8-5-2/h7,10,16-17,19-20,25-30,33,36,38,41-42,45,47,50-51,54,64H,4-6,8-9,11-15,18,21-24,31-32,34-35,37,39-40,43-44,46,48-49,52-53,55-63H2,1-3H3/b10-7-,19-16-,20-17-,28-25-,29-26-,30-27-,36-33-,41-38-,45-42-,50-47-,54-51-/t64-/m0/s1. The number of carbonyl (C=O) groups is 3. The maximum absolute atomic E-state index is 12.9. The zero-order chi connectivity index (χ0) is 52.9. The molecule has 0 aliphatic heterocycles. The number of rotatable bonds is 52. The monoisotopic (exact) mass is 1010 g/mol. The minimum atomic E-state index is -0.837. The predicted octanol–water partition coefficient (Wildman–Crippen LogP) is 20.2. The molecule has 0 heterocycles. The van der Waals surface area contributed by atoms with Crippen LogP contribution in [0.2, 0.25) is 0 Å². The molecule has 0 aliphatic carbocycles. The summed E-state index contributed by atoms with van der Waals surface area (Å²) in [6, 6.07) is 0. The van der Waals surface area contributed by atoms with Crippen molar-refractivity contribution < 1.29 is 28.6 Å². The first-order chi connectivity index (χ1) is 36.0. The van der Waals surface area contributed by atoms with E-state index in [4.69, 9.17) is 14.2 Å². The Balaban J connectivity index is 4.59. The first kappa shape index (κ1) is 68.6. The van der Waals surface area contributed by atoms with Gasteiger partial charge in [-0.3, -0.25) is 14.4 Å². The van der Waals surface area contributed by atoms with E-state index in [0.717, 1.165) is 83.5 Å². The summed E-state index contributed by atoms with van der Waals surface area (Å²) in [5.74, 6) is -1.07. The van der Waals surface area contributed by atoms with E-state index in [9.17, 15) is 14.4 Å². The summed E-state index contributed by atoms with van der Waals surface area (Å²) in [4.78, 5) is 38.2. The van der Waals surface area contributed by atoms with Crippen molar-refractivity contribution in [2.45, 2.75) is 258 Å². The van der Waals surface area contributed by atoms with Crippen LogP contribution in [0.5, 0.6) is 0 Å². The van der Waals surface area contributed by atoms with Crippen LogP contribution in [0.3, 0.4) is 0 Å². The predicted molar refractivity (Wildman–Crippen MR) is 316 cm³/mol. The fraction of sp³-hybridized carbons (Fsp3) is 0.627. The van der Waals surface area contributed by atoms with Crippen LogP contribution >= 0.6 is 0 Å². The summed E-state index contributed by atoms with van der Waals surface area (Å²) < 4.78 is 16.8. The van der Waals surface area contributed by atoms with Crippen molar-refractivity contribution >= 4 is 17.9 Å². The number of ether oxygens (including phenoxy) is 3. The van der Waals surface area contributed by atoms with Crippen molar-refractivity contribution in [2.24, 2.45) is 0 Å². The van der Waals surface area contributed by atoms with Gasteiger partial charge in [0.2, 0.25) is 0 Å². The molecule has 0 rings (SSSR count). The molecule has 412 valence electrons. The summed E-state index contributed by atoms with van der Waals surface area (Å²) >= 11 is 0. The average Bonchev–Trinajstić information content (AvgIpc) is 3.39. The van der Waals surface area contributed by atoms with Crippen LogP contribution < -0.4 is 0 Å². The van der Waals surface area contributed by atoms with Crippen LogP contribution in [-0.2, 0) is 28.6 Å². The third-order valence-electron chi connectivity index (χ3n) is 12.1. The van der Waals surface area contributed by atoms with Crippen LogP contribution in [0.25, 0.3) is 0 Å². The second-order valence-corrected chi connectivity index (χ2v) is 19.2. The zero-order valence-electron chi connectivity index (χ0n) is 47.1. The van der Waals surface area contributed by atoms with E-state index in [1.807, 2.05) is 12.2 Å². The largest absolute Gasteiger partial charge is 0.462 e. The lowest BCUT2D eigenvalue weighted by molar-refractivity contribution is -0.166. The van der Waals surface area contributed by atoms with Crippen LogP contribution in [0.1, 0.15) is 252 Å². The van der Waals surface area contributed by atoms with Gasteiger partial charge in [0.25, 0.3) is 0 Å². The molecule has 0 fully saturated rings. The van der Waals surface area contributed by atoms with E-state index in [2.05, 4.69) is 142 Å². The van der Waals surface area contributed by atoms with Crippen molar-refractivity contribution in [3.63, 3.8) is 0 Å². The van der Waals surface area contributed by atoms with Crippen LogP contribution in [0.4, 0.5) is 0 Å². The van der Waals surface area contributed by atoms with Gasteiger partial charge in [0.05, 0.1) is 0 Å². The molecule has 0 unspecified atom stereocenters. The van der Waals surface area contributed by atoms with Gasteiger partial charge in [-0.2, -0.15) is 0 Å². The molecule has 73 heavy (non-hydrogen) atoms. The highest BCUT2D eigenvalue weighted by Crippen LogP contribution is 2.14. The van der Waals surface area contributed by atoms with Gasteiger partial charge in [0.1, 0.15) is 13.2 Å². The van der Waals surface area contributed by atoms with Gasteiger partial charge >= 0.3 is 17.9 Å². The van der Waals surface area contributed by atoms with E-state index in [-0.39, 0.29) is 44.0 Å². The first-order valence-corrected chi connectivity index (χ1v) is 29.7. The summed E-state index contributed by atoms with van der Waals surface area (Å²) in [6.45, 7) is 6.38. The Morgan fingerprint density at radius 2 is 0.575 bits per heavy atom. The van der Waals surface area contributed by atoms with Gasteiger partial charge < -0.3 is 14.2 Å². The fourth-order valence-electron chi connectivity index (χ4n) is 7.69. The highest BCUT2D eigenvalue weighted by molar-refractivity contribution is 5.71. The third-order valence-corrected chi connectivity index (χ3v) is 12.1. The van der Waals surface area contributed by atoms with Crippen LogP contribution in [-0.4, -0.2) is 37.2 Å². The molecule has 0 amide bonds. The van der Waals surface area contributed by atoms with Crippen molar-refractivity contribution in [3.05, 3.63) is 134 Å². The second-order valence-electron chi connectivity index (χ2n) is 19.2. The minimum absolute atomic E-state index is 0.133.